The van der Waals surface area contributed by atoms with Crippen molar-refractivity contribution in [3.05, 3.63) is 29.8 Å². The summed E-state index contributed by atoms with van der Waals surface area (Å²) < 4.78 is 0. The summed E-state index contributed by atoms with van der Waals surface area (Å²) in [7, 11) is 0. The molecule has 3 amide bonds. The van der Waals surface area contributed by atoms with Gasteiger partial charge in [0.05, 0.1) is 6.04 Å². The van der Waals surface area contributed by atoms with Crippen LogP contribution in [0.4, 0.5) is 10.5 Å². The Bertz CT molecular complexity index is 839. The smallest absolute Gasteiger partial charge is 0.323 e. The van der Waals surface area contributed by atoms with Gasteiger partial charge in [0.1, 0.15) is 0 Å². The SMILES string of the molecule is CC1(C#Cc2ccc(NC(=NC3CC3)NC#N)cc2)NC(=O)NC1=O. The zero-order chi connectivity index (χ0) is 17.9. The van der Waals surface area contributed by atoms with E-state index in [1.54, 1.807) is 31.2 Å². The van der Waals surface area contributed by atoms with Gasteiger partial charge in [0.15, 0.2) is 11.7 Å². The summed E-state index contributed by atoms with van der Waals surface area (Å²) in [6.45, 7) is 1.55. The summed E-state index contributed by atoms with van der Waals surface area (Å²) in [6.07, 6.45) is 3.93. The van der Waals surface area contributed by atoms with Crippen LogP contribution in [0.25, 0.3) is 0 Å². The zero-order valence-electron chi connectivity index (χ0n) is 13.5. The van der Waals surface area contributed by atoms with E-state index >= 15 is 0 Å². The van der Waals surface area contributed by atoms with Gasteiger partial charge >= 0.3 is 6.03 Å². The number of guanidine groups is 1. The maximum absolute atomic E-state index is 11.7. The molecular formula is C17H16N6O2. The van der Waals surface area contributed by atoms with Crippen LogP contribution in [0.1, 0.15) is 25.3 Å². The molecule has 0 spiro atoms. The molecule has 1 aliphatic carbocycles. The number of amides is 3. The minimum atomic E-state index is -1.23. The van der Waals surface area contributed by atoms with E-state index in [1.165, 1.54) is 0 Å². The number of hydrogen-bond acceptors (Lipinski definition) is 4. The molecule has 1 aliphatic heterocycles. The van der Waals surface area contributed by atoms with E-state index in [9.17, 15) is 9.59 Å². The van der Waals surface area contributed by atoms with Gasteiger partial charge in [-0.15, -0.1) is 0 Å². The molecule has 0 aromatic heterocycles. The van der Waals surface area contributed by atoms with Crippen molar-refractivity contribution in [2.75, 3.05) is 5.32 Å². The second kappa shape index (κ2) is 6.54. The number of nitrogens with one attached hydrogen (secondary N) is 4. The summed E-state index contributed by atoms with van der Waals surface area (Å²) in [5.41, 5.74) is 0.218. The summed E-state index contributed by atoms with van der Waals surface area (Å²) >= 11 is 0. The zero-order valence-corrected chi connectivity index (χ0v) is 13.5. The molecule has 1 heterocycles. The quantitative estimate of drug-likeness (QED) is 0.158. The number of benzene rings is 1. The van der Waals surface area contributed by atoms with E-state index in [0.29, 0.717) is 11.5 Å². The van der Waals surface area contributed by atoms with Crippen LogP contribution >= 0.6 is 0 Å². The van der Waals surface area contributed by atoms with Gasteiger partial charge < -0.3 is 10.6 Å². The fraction of sp³-hybridized carbons (Fsp3) is 0.294. The molecule has 1 saturated heterocycles. The second-order valence-electron chi connectivity index (χ2n) is 5.93. The highest BCUT2D eigenvalue weighted by atomic mass is 16.2. The first-order valence-corrected chi connectivity index (χ1v) is 7.75. The highest BCUT2D eigenvalue weighted by Crippen LogP contribution is 2.23. The predicted molar refractivity (Wildman–Crippen MR) is 91.2 cm³/mol. The van der Waals surface area contributed by atoms with E-state index < -0.39 is 17.5 Å². The second-order valence-corrected chi connectivity index (χ2v) is 5.93. The first-order chi connectivity index (χ1) is 12.0. The van der Waals surface area contributed by atoms with Gasteiger partial charge in [-0.05, 0) is 44.0 Å². The molecule has 2 fully saturated rings. The van der Waals surface area contributed by atoms with Gasteiger partial charge in [-0.1, -0.05) is 11.8 Å². The van der Waals surface area contributed by atoms with Crippen LogP contribution in [0, 0.1) is 23.3 Å². The first-order valence-electron chi connectivity index (χ1n) is 7.75. The Morgan fingerprint density at radius 3 is 2.60 bits per heavy atom. The van der Waals surface area contributed by atoms with E-state index in [0.717, 1.165) is 18.5 Å². The number of nitriles is 1. The van der Waals surface area contributed by atoms with Gasteiger partial charge in [-0.25, -0.2) is 9.79 Å². The molecule has 126 valence electrons. The summed E-state index contributed by atoms with van der Waals surface area (Å²) in [5.74, 6) is 5.60. The average molecular weight is 336 g/mol. The van der Waals surface area contributed by atoms with E-state index in [4.69, 9.17) is 5.26 Å². The predicted octanol–water partition coefficient (Wildman–Crippen LogP) is 0.637. The molecular weight excluding hydrogens is 320 g/mol. The van der Waals surface area contributed by atoms with Gasteiger partial charge in [0.25, 0.3) is 5.91 Å². The molecule has 25 heavy (non-hydrogen) atoms. The Labute approximate surface area is 144 Å². The van der Waals surface area contributed by atoms with E-state index in [-0.39, 0.29) is 6.04 Å². The topological polar surface area (TPSA) is 118 Å². The minimum absolute atomic E-state index is 0.280. The van der Waals surface area contributed by atoms with E-state index in [2.05, 4.69) is 38.1 Å². The molecule has 1 aromatic rings. The number of hydrogen-bond donors (Lipinski definition) is 4. The fourth-order valence-corrected chi connectivity index (χ4v) is 2.14. The maximum atomic E-state index is 11.7. The highest BCUT2D eigenvalue weighted by Gasteiger charge is 2.40. The Morgan fingerprint density at radius 2 is 2.04 bits per heavy atom. The molecule has 2 aliphatic rings. The Balaban J connectivity index is 1.69. The molecule has 1 unspecified atom stereocenters. The minimum Gasteiger partial charge on any atom is -0.326 e. The molecule has 1 saturated carbocycles. The lowest BCUT2D eigenvalue weighted by Gasteiger charge is -2.11. The summed E-state index contributed by atoms with van der Waals surface area (Å²) in [4.78, 5) is 27.3. The Kier molecular flexibility index (Phi) is 4.27. The van der Waals surface area contributed by atoms with Crippen LogP contribution in [0.5, 0.6) is 0 Å². The van der Waals surface area contributed by atoms with Gasteiger partial charge in [-0.3, -0.25) is 15.4 Å². The van der Waals surface area contributed by atoms with Crippen LogP contribution in [0.2, 0.25) is 0 Å². The number of carbonyl (C=O) groups excluding carboxylic acids is 2. The standard InChI is InChI=1S/C17H16N6O2/c1-17(14(24)22-16(25)23-17)9-8-11-2-4-12(5-3-11)20-15(19-10-18)21-13-6-7-13/h2-5,13H,6-7H2,1H3,(H2,19,20,21)(H2,22,23,24,25). The molecule has 0 bridgehead atoms. The Morgan fingerprint density at radius 1 is 1.32 bits per heavy atom. The third kappa shape index (κ3) is 4.06. The van der Waals surface area contributed by atoms with Gasteiger partial charge in [-0.2, -0.15) is 5.26 Å². The molecule has 8 nitrogen and oxygen atoms in total. The van der Waals surface area contributed by atoms with Crippen molar-refractivity contribution in [3.63, 3.8) is 0 Å². The summed E-state index contributed by atoms with van der Waals surface area (Å²) in [5, 5.41) is 19.0. The van der Waals surface area contributed by atoms with Crippen LogP contribution in [0.3, 0.4) is 0 Å². The average Bonchev–Trinajstić information content (AvgIpc) is 3.33. The number of aliphatic imine (C=N–C) groups is 1. The number of anilines is 1. The molecule has 1 atom stereocenters. The molecule has 0 radical (unpaired) electrons. The van der Waals surface area contributed by atoms with Crippen molar-refractivity contribution >= 4 is 23.6 Å². The number of carbonyl (C=O) groups is 2. The molecule has 3 rings (SSSR count). The van der Waals surface area contributed by atoms with Crippen molar-refractivity contribution < 1.29 is 9.59 Å². The lowest BCUT2D eigenvalue weighted by atomic mass is 10.0. The van der Waals surface area contributed by atoms with Crippen molar-refractivity contribution in [1.29, 1.82) is 5.26 Å². The fourth-order valence-electron chi connectivity index (χ4n) is 2.14. The van der Waals surface area contributed by atoms with Gasteiger partial charge in [0.2, 0.25) is 5.96 Å². The van der Waals surface area contributed by atoms with Crippen molar-refractivity contribution in [3.8, 4) is 18.0 Å². The molecule has 8 heteroatoms. The highest BCUT2D eigenvalue weighted by molar-refractivity contribution is 6.08. The number of imide groups is 1. The lowest BCUT2D eigenvalue weighted by molar-refractivity contribution is -0.121. The van der Waals surface area contributed by atoms with Gasteiger partial charge in [0, 0.05) is 11.3 Å². The van der Waals surface area contributed by atoms with E-state index in [1.807, 2.05) is 6.19 Å². The largest absolute Gasteiger partial charge is 0.326 e. The molecule has 4 N–H and O–H groups in total. The first kappa shape index (κ1) is 16.3. The van der Waals surface area contributed by atoms with Crippen LogP contribution in [-0.2, 0) is 4.79 Å². The number of rotatable bonds is 2. The maximum Gasteiger partial charge on any atom is 0.323 e. The number of urea groups is 1. The van der Waals surface area contributed by atoms with Crippen molar-refractivity contribution in [1.82, 2.24) is 16.0 Å². The van der Waals surface area contributed by atoms with Crippen molar-refractivity contribution in [2.45, 2.75) is 31.3 Å². The number of nitrogens with zero attached hydrogens (tertiary/aromatic N) is 2. The van der Waals surface area contributed by atoms with Crippen LogP contribution in [-0.4, -0.2) is 29.5 Å². The van der Waals surface area contributed by atoms with Crippen LogP contribution < -0.4 is 21.3 Å². The lowest BCUT2D eigenvalue weighted by Crippen LogP contribution is -2.42. The summed E-state index contributed by atoms with van der Waals surface area (Å²) in [6, 6.07) is 6.86. The third-order valence-electron chi connectivity index (χ3n) is 3.68. The Hall–Kier alpha value is -3.52. The van der Waals surface area contributed by atoms with Crippen LogP contribution in [0.15, 0.2) is 29.3 Å². The van der Waals surface area contributed by atoms with Crippen molar-refractivity contribution in [2.24, 2.45) is 4.99 Å². The normalized spacial score (nSPS) is 22.2. The third-order valence-corrected chi connectivity index (χ3v) is 3.68. The monoisotopic (exact) mass is 336 g/mol. The molecule has 1 aromatic carbocycles.